The van der Waals surface area contributed by atoms with Gasteiger partial charge in [0, 0.05) is 11.3 Å². The lowest BCUT2D eigenvalue weighted by molar-refractivity contribution is 0.717. The normalized spacial score (nSPS) is 10.4. The maximum absolute atomic E-state index is 6.14. The van der Waals surface area contributed by atoms with E-state index in [1.54, 1.807) is 0 Å². The molecule has 2 N–H and O–H groups in total. The summed E-state index contributed by atoms with van der Waals surface area (Å²) in [6, 6.07) is 14.5. The van der Waals surface area contributed by atoms with E-state index in [1.807, 2.05) is 24.3 Å². The van der Waals surface area contributed by atoms with Crippen molar-refractivity contribution in [3.05, 3.63) is 60.2 Å². The average Bonchev–Trinajstić information content (AvgIpc) is 2.48. The van der Waals surface area contributed by atoms with Crippen LogP contribution in [0.3, 0.4) is 0 Å². The fourth-order valence-corrected chi connectivity index (χ4v) is 2.62. The minimum atomic E-state index is 0.838. The lowest BCUT2D eigenvalue weighted by Gasteiger charge is -2.14. The van der Waals surface area contributed by atoms with Gasteiger partial charge in [0.1, 0.15) is 0 Å². The van der Waals surface area contributed by atoms with Gasteiger partial charge in [-0.1, -0.05) is 68.8 Å². The van der Waals surface area contributed by atoms with Crippen LogP contribution >= 0.6 is 0 Å². The second kappa shape index (κ2) is 6.95. The highest BCUT2D eigenvalue weighted by atomic mass is 14.6. The summed E-state index contributed by atoms with van der Waals surface area (Å²) >= 11 is 0. The first-order chi connectivity index (χ1) is 9.77. The molecule has 0 amide bonds. The molecule has 0 aliphatic carbocycles. The fraction of sp³-hybridized carbons (Fsp3) is 0.263. The predicted molar refractivity (Wildman–Crippen MR) is 89.6 cm³/mol. The second-order valence-electron chi connectivity index (χ2n) is 5.12. The molecule has 2 rings (SSSR count). The van der Waals surface area contributed by atoms with E-state index in [-0.39, 0.29) is 0 Å². The van der Waals surface area contributed by atoms with Gasteiger partial charge in [-0.2, -0.15) is 0 Å². The molecule has 0 aromatic heterocycles. The molecule has 0 saturated carbocycles. The summed E-state index contributed by atoms with van der Waals surface area (Å²) in [4.78, 5) is 0. The summed E-state index contributed by atoms with van der Waals surface area (Å²) < 4.78 is 0. The average molecular weight is 265 g/mol. The molecule has 2 aromatic carbocycles. The Kier molecular flexibility index (Phi) is 5.00. The van der Waals surface area contributed by atoms with Crippen LogP contribution in [0.5, 0.6) is 0 Å². The zero-order chi connectivity index (χ0) is 14.4. The van der Waals surface area contributed by atoms with Gasteiger partial charge >= 0.3 is 0 Å². The second-order valence-corrected chi connectivity index (χ2v) is 5.12. The third kappa shape index (κ3) is 3.11. The van der Waals surface area contributed by atoms with Gasteiger partial charge < -0.3 is 5.73 Å². The number of nitrogens with two attached hydrogens (primary N) is 1. The summed E-state index contributed by atoms with van der Waals surface area (Å²) in [6.45, 7) is 6.18. The fourth-order valence-electron chi connectivity index (χ4n) is 2.62. The third-order valence-corrected chi connectivity index (χ3v) is 3.71. The molecule has 1 nitrogen and oxygen atoms in total. The van der Waals surface area contributed by atoms with Crippen molar-refractivity contribution >= 4 is 11.8 Å². The number of hydrogen-bond donors (Lipinski definition) is 1. The highest BCUT2D eigenvalue weighted by Gasteiger charge is 2.10. The number of benzene rings is 2. The van der Waals surface area contributed by atoms with Crippen LogP contribution in [0, 0.1) is 0 Å². The van der Waals surface area contributed by atoms with Crippen molar-refractivity contribution in [1.82, 2.24) is 0 Å². The maximum atomic E-state index is 6.14. The van der Waals surface area contributed by atoms with E-state index in [0.29, 0.717) is 0 Å². The van der Waals surface area contributed by atoms with Crippen LogP contribution in [-0.2, 0) is 6.42 Å². The largest absolute Gasteiger partial charge is 0.398 e. The van der Waals surface area contributed by atoms with E-state index in [9.17, 15) is 0 Å². The molecule has 2 aromatic rings. The minimum Gasteiger partial charge on any atom is -0.398 e. The Labute approximate surface area is 122 Å². The lowest BCUT2D eigenvalue weighted by Crippen LogP contribution is -1.97. The van der Waals surface area contributed by atoms with Gasteiger partial charge in [0.2, 0.25) is 0 Å². The first-order valence-electron chi connectivity index (χ1n) is 7.37. The first kappa shape index (κ1) is 14.4. The number of rotatable bonds is 6. The molecule has 0 heterocycles. The van der Waals surface area contributed by atoms with Crippen molar-refractivity contribution in [1.29, 1.82) is 0 Å². The van der Waals surface area contributed by atoms with Crippen LogP contribution in [0.2, 0.25) is 0 Å². The van der Waals surface area contributed by atoms with E-state index in [0.717, 1.165) is 17.7 Å². The Morgan fingerprint density at radius 3 is 2.45 bits per heavy atom. The third-order valence-electron chi connectivity index (χ3n) is 3.71. The minimum absolute atomic E-state index is 0.838. The number of hydrogen-bond acceptors (Lipinski definition) is 1. The van der Waals surface area contributed by atoms with Crippen molar-refractivity contribution in [2.75, 3.05) is 5.73 Å². The van der Waals surface area contributed by atoms with Gasteiger partial charge in [0.05, 0.1) is 0 Å². The van der Waals surface area contributed by atoms with Crippen LogP contribution in [0.4, 0.5) is 5.69 Å². The Hall–Kier alpha value is -2.02. The van der Waals surface area contributed by atoms with Crippen molar-refractivity contribution in [2.24, 2.45) is 0 Å². The molecule has 0 bridgehead atoms. The van der Waals surface area contributed by atoms with Crippen molar-refractivity contribution in [3.63, 3.8) is 0 Å². The van der Waals surface area contributed by atoms with Gasteiger partial charge in [-0.3, -0.25) is 0 Å². The quantitative estimate of drug-likeness (QED) is 0.556. The number of unbranched alkanes of at least 4 members (excludes halogenated alkanes) is 2. The topological polar surface area (TPSA) is 26.0 Å². The van der Waals surface area contributed by atoms with Gasteiger partial charge in [-0.15, -0.1) is 0 Å². The van der Waals surface area contributed by atoms with Crippen LogP contribution in [-0.4, -0.2) is 0 Å². The van der Waals surface area contributed by atoms with E-state index in [4.69, 9.17) is 5.73 Å². The molecule has 0 aliphatic heterocycles. The monoisotopic (exact) mass is 265 g/mol. The summed E-state index contributed by atoms with van der Waals surface area (Å²) in [7, 11) is 0. The first-order valence-corrected chi connectivity index (χ1v) is 7.37. The molecule has 1 heteroatoms. The smallest absolute Gasteiger partial charge is 0.0393 e. The summed E-state index contributed by atoms with van der Waals surface area (Å²) in [5.74, 6) is 0. The Morgan fingerprint density at radius 2 is 1.75 bits per heavy atom. The summed E-state index contributed by atoms with van der Waals surface area (Å²) in [6.07, 6.45) is 6.74. The lowest BCUT2D eigenvalue weighted by atomic mass is 9.91. The number of anilines is 1. The predicted octanol–water partition coefficient (Wildman–Crippen LogP) is 5.31. The molecular formula is C19H23N. The van der Waals surface area contributed by atoms with Crippen LogP contribution in [0.25, 0.3) is 17.2 Å². The molecular weight excluding hydrogens is 242 g/mol. The van der Waals surface area contributed by atoms with Crippen molar-refractivity contribution < 1.29 is 0 Å². The van der Waals surface area contributed by atoms with E-state index in [1.165, 1.54) is 36.0 Å². The van der Waals surface area contributed by atoms with Crippen molar-refractivity contribution in [2.45, 2.75) is 32.6 Å². The SMILES string of the molecule is C=Cc1cccc(-c2ccccc2N)c1CCCCC. The zero-order valence-electron chi connectivity index (χ0n) is 12.2. The van der Waals surface area contributed by atoms with E-state index >= 15 is 0 Å². The van der Waals surface area contributed by atoms with Crippen LogP contribution in [0.15, 0.2) is 49.0 Å². The molecule has 0 radical (unpaired) electrons. The standard InChI is InChI=1S/C19H23N/c1-3-5-6-11-16-15(4-2)10-9-13-17(16)18-12-7-8-14-19(18)20/h4,7-10,12-14H,2-3,5-6,11,20H2,1H3. The summed E-state index contributed by atoms with van der Waals surface area (Å²) in [5, 5.41) is 0. The molecule has 0 spiro atoms. The molecule has 104 valence electrons. The Balaban J connectivity index is 2.46. The highest BCUT2D eigenvalue weighted by molar-refractivity contribution is 5.80. The summed E-state index contributed by atoms with van der Waals surface area (Å²) in [5.41, 5.74) is 11.9. The molecule has 0 fully saturated rings. The Morgan fingerprint density at radius 1 is 1.00 bits per heavy atom. The zero-order valence-corrected chi connectivity index (χ0v) is 12.2. The van der Waals surface area contributed by atoms with Gasteiger partial charge in [0.15, 0.2) is 0 Å². The maximum Gasteiger partial charge on any atom is 0.0393 e. The van der Waals surface area contributed by atoms with Crippen LogP contribution < -0.4 is 5.73 Å². The van der Waals surface area contributed by atoms with Gasteiger partial charge in [-0.25, -0.2) is 0 Å². The number of nitrogen functional groups attached to an aromatic ring is 1. The van der Waals surface area contributed by atoms with E-state index < -0.39 is 0 Å². The Bertz CT molecular complexity index is 584. The highest BCUT2D eigenvalue weighted by Crippen LogP contribution is 2.32. The molecule has 0 aliphatic rings. The van der Waals surface area contributed by atoms with Gasteiger partial charge in [-0.05, 0) is 35.6 Å². The molecule has 0 unspecified atom stereocenters. The molecule has 0 saturated heterocycles. The van der Waals surface area contributed by atoms with Crippen molar-refractivity contribution in [3.8, 4) is 11.1 Å². The number of para-hydroxylation sites is 1. The van der Waals surface area contributed by atoms with E-state index in [2.05, 4.69) is 37.8 Å². The van der Waals surface area contributed by atoms with Crippen LogP contribution in [0.1, 0.15) is 37.3 Å². The molecule has 0 atom stereocenters. The molecule has 20 heavy (non-hydrogen) atoms. The van der Waals surface area contributed by atoms with Gasteiger partial charge in [0.25, 0.3) is 0 Å².